The van der Waals surface area contributed by atoms with E-state index in [9.17, 15) is 9.90 Å². The van der Waals surface area contributed by atoms with E-state index in [-0.39, 0.29) is 11.8 Å². The molecule has 3 heteroatoms. The quantitative estimate of drug-likeness (QED) is 0.644. The van der Waals surface area contributed by atoms with E-state index in [1.165, 1.54) is 0 Å². The number of nitrogens with two attached hydrogens (primary N) is 1. The maximum absolute atomic E-state index is 11.4. The van der Waals surface area contributed by atoms with Gasteiger partial charge in [0, 0.05) is 12.5 Å². The van der Waals surface area contributed by atoms with Crippen molar-refractivity contribution < 1.29 is 9.90 Å². The van der Waals surface area contributed by atoms with Gasteiger partial charge in [0.1, 0.15) is 6.10 Å². The molecule has 0 spiro atoms. The predicted molar refractivity (Wildman–Crippen MR) is 51.2 cm³/mol. The van der Waals surface area contributed by atoms with E-state index in [1.807, 2.05) is 6.92 Å². The molecule has 1 aliphatic carbocycles. The molecule has 1 rings (SSSR count). The normalized spacial score (nSPS) is 21.2. The van der Waals surface area contributed by atoms with E-state index in [0.717, 1.165) is 25.7 Å². The Kier molecular flexibility index (Phi) is 3.88. The first-order valence-electron chi connectivity index (χ1n) is 5.11. The fraction of sp³-hybridized carbons (Fsp3) is 0.900. The van der Waals surface area contributed by atoms with Crippen LogP contribution < -0.4 is 5.73 Å². The van der Waals surface area contributed by atoms with E-state index >= 15 is 0 Å². The van der Waals surface area contributed by atoms with Crippen molar-refractivity contribution in [2.24, 2.45) is 11.7 Å². The fourth-order valence-electron chi connectivity index (χ4n) is 1.46. The van der Waals surface area contributed by atoms with Gasteiger partial charge in [-0.1, -0.05) is 13.3 Å². The summed E-state index contributed by atoms with van der Waals surface area (Å²) in [7, 11) is 0. The van der Waals surface area contributed by atoms with Crippen LogP contribution in [0.25, 0.3) is 0 Å². The number of ketones is 1. The molecule has 0 radical (unpaired) electrons. The van der Waals surface area contributed by atoms with E-state index in [4.69, 9.17) is 5.73 Å². The van der Waals surface area contributed by atoms with Crippen LogP contribution in [0.5, 0.6) is 0 Å². The van der Waals surface area contributed by atoms with Crippen LogP contribution in [0, 0.1) is 5.92 Å². The number of carbonyl (C=O) groups is 1. The zero-order valence-electron chi connectivity index (χ0n) is 8.20. The lowest BCUT2D eigenvalue weighted by Gasteiger charge is -2.16. The molecular weight excluding hydrogens is 166 g/mol. The van der Waals surface area contributed by atoms with Gasteiger partial charge in [0.05, 0.1) is 0 Å². The third kappa shape index (κ3) is 3.44. The standard InChI is InChI=1S/C10H19NO2/c1-2-3-8(11)10(13)9(12)6-7-4-5-7/h7-8,10,13H,2-6,11H2,1H3. The average molecular weight is 185 g/mol. The van der Waals surface area contributed by atoms with Gasteiger partial charge in [-0.25, -0.2) is 0 Å². The number of Topliss-reactive ketones (excluding diaryl/α,β-unsaturated/α-hetero) is 1. The van der Waals surface area contributed by atoms with Crippen molar-refractivity contribution in [1.29, 1.82) is 0 Å². The van der Waals surface area contributed by atoms with Crippen LogP contribution in [0.1, 0.15) is 39.0 Å². The largest absolute Gasteiger partial charge is 0.384 e. The Morgan fingerprint density at radius 1 is 1.62 bits per heavy atom. The molecule has 0 amide bonds. The minimum atomic E-state index is -0.930. The predicted octanol–water partition coefficient (Wildman–Crippen LogP) is 0.844. The average Bonchev–Trinajstić information content (AvgIpc) is 2.87. The SMILES string of the molecule is CCCC(N)C(O)C(=O)CC1CC1. The summed E-state index contributed by atoms with van der Waals surface area (Å²) in [6, 6.07) is -0.365. The van der Waals surface area contributed by atoms with Crippen molar-refractivity contribution in [1.82, 2.24) is 0 Å². The van der Waals surface area contributed by atoms with Crippen LogP contribution in [0.4, 0.5) is 0 Å². The molecule has 1 saturated carbocycles. The second-order valence-corrected chi connectivity index (χ2v) is 4.01. The van der Waals surface area contributed by atoms with Crippen LogP contribution in [-0.4, -0.2) is 23.0 Å². The number of aliphatic hydroxyl groups excluding tert-OH is 1. The summed E-state index contributed by atoms with van der Waals surface area (Å²) >= 11 is 0. The summed E-state index contributed by atoms with van der Waals surface area (Å²) in [6.07, 6.45) is 3.51. The maximum Gasteiger partial charge on any atom is 0.163 e. The third-order valence-electron chi connectivity index (χ3n) is 2.54. The number of hydrogen-bond acceptors (Lipinski definition) is 3. The van der Waals surface area contributed by atoms with Gasteiger partial charge in [0.2, 0.25) is 0 Å². The molecule has 0 aromatic rings. The molecule has 0 bridgehead atoms. The second kappa shape index (κ2) is 4.72. The highest BCUT2D eigenvalue weighted by Crippen LogP contribution is 2.33. The molecule has 1 fully saturated rings. The topological polar surface area (TPSA) is 63.3 Å². The van der Waals surface area contributed by atoms with Gasteiger partial charge in [0.15, 0.2) is 5.78 Å². The van der Waals surface area contributed by atoms with E-state index in [2.05, 4.69) is 0 Å². The molecule has 0 heterocycles. The molecule has 3 N–H and O–H groups in total. The second-order valence-electron chi connectivity index (χ2n) is 4.01. The molecule has 2 atom stereocenters. The molecule has 2 unspecified atom stereocenters. The lowest BCUT2D eigenvalue weighted by atomic mass is 10.00. The number of hydrogen-bond donors (Lipinski definition) is 2. The summed E-state index contributed by atoms with van der Waals surface area (Å²) in [4.78, 5) is 11.4. The molecule has 3 nitrogen and oxygen atoms in total. The van der Waals surface area contributed by atoms with E-state index in [0.29, 0.717) is 12.3 Å². The Morgan fingerprint density at radius 2 is 2.23 bits per heavy atom. The minimum absolute atomic E-state index is 0.0662. The first kappa shape index (κ1) is 10.7. The number of carbonyl (C=O) groups excluding carboxylic acids is 1. The molecule has 1 aliphatic rings. The smallest absolute Gasteiger partial charge is 0.163 e. The van der Waals surface area contributed by atoms with Gasteiger partial charge in [-0.2, -0.15) is 0 Å². The third-order valence-corrected chi connectivity index (χ3v) is 2.54. The highest BCUT2D eigenvalue weighted by Gasteiger charge is 2.29. The van der Waals surface area contributed by atoms with Crippen LogP contribution in [-0.2, 0) is 4.79 Å². The highest BCUT2D eigenvalue weighted by atomic mass is 16.3. The zero-order chi connectivity index (χ0) is 9.84. The Morgan fingerprint density at radius 3 is 2.69 bits per heavy atom. The Bertz CT molecular complexity index is 178. The number of aliphatic hydroxyl groups is 1. The monoisotopic (exact) mass is 185 g/mol. The van der Waals surface area contributed by atoms with Gasteiger partial charge >= 0.3 is 0 Å². The van der Waals surface area contributed by atoms with Crippen molar-refractivity contribution in [2.75, 3.05) is 0 Å². The van der Waals surface area contributed by atoms with Gasteiger partial charge < -0.3 is 10.8 Å². The van der Waals surface area contributed by atoms with Gasteiger partial charge in [-0.05, 0) is 25.2 Å². The first-order valence-corrected chi connectivity index (χ1v) is 5.11. The van der Waals surface area contributed by atoms with Crippen LogP contribution in [0.3, 0.4) is 0 Å². The maximum atomic E-state index is 11.4. The summed E-state index contributed by atoms with van der Waals surface area (Å²) in [5.41, 5.74) is 5.65. The Balaban J connectivity index is 2.26. The molecule has 0 aliphatic heterocycles. The molecule has 0 aromatic heterocycles. The van der Waals surface area contributed by atoms with E-state index in [1.54, 1.807) is 0 Å². The van der Waals surface area contributed by atoms with E-state index < -0.39 is 6.10 Å². The van der Waals surface area contributed by atoms with Crippen molar-refractivity contribution in [2.45, 2.75) is 51.2 Å². The highest BCUT2D eigenvalue weighted by molar-refractivity contribution is 5.84. The van der Waals surface area contributed by atoms with Crippen molar-refractivity contribution in [3.63, 3.8) is 0 Å². The zero-order valence-corrected chi connectivity index (χ0v) is 8.20. The summed E-state index contributed by atoms with van der Waals surface area (Å²) in [5.74, 6) is 0.472. The first-order chi connectivity index (χ1) is 6.15. The van der Waals surface area contributed by atoms with Crippen LogP contribution in [0.15, 0.2) is 0 Å². The summed E-state index contributed by atoms with van der Waals surface area (Å²) < 4.78 is 0. The Labute approximate surface area is 79.3 Å². The molecular formula is C10H19NO2. The lowest BCUT2D eigenvalue weighted by Crippen LogP contribution is -2.40. The summed E-state index contributed by atoms with van der Waals surface area (Å²) in [6.45, 7) is 2.00. The number of rotatable bonds is 6. The van der Waals surface area contributed by atoms with Crippen LogP contribution >= 0.6 is 0 Å². The molecule has 76 valence electrons. The Hall–Kier alpha value is -0.410. The van der Waals surface area contributed by atoms with Crippen molar-refractivity contribution in [3.8, 4) is 0 Å². The van der Waals surface area contributed by atoms with Crippen LogP contribution in [0.2, 0.25) is 0 Å². The van der Waals surface area contributed by atoms with Gasteiger partial charge in [-0.3, -0.25) is 4.79 Å². The molecule has 0 saturated heterocycles. The van der Waals surface area contributed by atoms with Gasteiger partial charge in [0.25, 0.3) is 0 Å². The summed E-state index contributed by atoms with van der Waals surface area (Å²) in [5, 5.41) is 9.52. The lowest BCUT2D eigenvalue weighted by molar-refractivity contribution is -0.128. The van der Waals surface area contributed by atoms with Crippen molar-refractivity contribution in [3.05, 3.63) is 0 Å². The molecule has 0 aromatic carbocycles. The molecule has 13 heavy (non-hydrogen) atoms. The van der Waals surface area contributed by atoms with Gasteiger partial charge in [-0.15, -0.1) is 0 Å². The van der Waals surface area contributed by atoms with Crippen molar-refractivity contribution >= 4 is 5.78 Å². The minimum Gasteiger partial charge on any atom is -0.384 e. The fourth-order valence-corrected chi connectivity index (χ4v) is 1.46.